The molecular weight excluding hydrogens is 456 g/mol. The van der Waals surface area contributed by atoms with Gasteiger partial charge in [0, 0.05) is 30.4 Å². The molecule has 1 saturated heterocycles. The number of rotatable bonds is 6. The van der Waals surface area contributed by atoms with Gasteiger partial charge in [-0.3, -0.25) is 0 Å². The molecule has 0 unspecified atom stereocenters. The Morgan fingerprint density at radius 1 is 1.03 bits per heavy atom. The lowest BCUT2D eigenvalue weighted by molar-refractivity contribution is -0.147. The second-order valence-corrected chi connectivity index (χ2v) is 10.1. The summed E-state index contributed by atoms with van der Waals surface area (Å²) in [5.41, 5.74) is 3.09. The summed E-state index contributed by atoms with van der Waals surface area (Å²) in [6, 6.07) is 19.1. The van der Waals surface area contributed by atoms with Crippen molar-refractivity contribution >= 4 is 17.4 Å². The summed E-state index contributed by atoms with van der Waals surface area (Å²) >= 11 is 0. The maximum atomic E-state index is 11.8. The first kappa shape index (κ1) is 23.8. The summed E-state index contributed by atoms with van der Waals surface area (Å²) in [5, 5.41) is 25.1. The van der Waals surface area contributed by atoms with E-state index in [1.807, 2.05) is 60.7 Å². The number of piperidine rings is 1. The third-order valence-electron chi connectivity index (χ3n) is 6.84. The van der Waals surface area contributed by atoms with E-state index in [2.05, 4.69) is 23.7 Å². The van der Waals surface area contributed by atoms with Crippen LogP contribution in [-0.2, 0) is 4.79 Å². The number of hydrogen-bond acceptors (Lipinski definition) is 6. The van der Waals surface area contributed by atoms with E-state index >= 15 is 0 Å². The number of carbonyl (C=O) groups is 1. The molecule has 186 valence electrons. The van der Waals surface area contributed by atoms with Crippen LogP contribution < -0.4 is 9.64 Å². The van der Waals surface area contributed by atoms with Crippen molar-refractivity contribution in [2.24, 2.45) is 5.41 Å². The summed E-state index contributed by atoms with van der Waals surface area (Å²) < 4.78 is 7.67. The predicted molar refractivity (Wildman–Crippen MR) is 137 cm³/mol. The molecule has 1 aliphatic rings. The van der Waals surface area contributed by atoms with Gasteiger partial charge in [-0.1, -0.05) is 44.2 Å². The quantitative estimate of drug-likeness (QED) is 0.384. The van der Waals surface area contributed by atoms with Crippen molar-refractivity contribution in [2.75, 3.05) is 18.0 Å². The molecule has 2 aromatic carbocycles. The molecule has 0 aliphatic carbocycles. The molecule has 8 nitrogen and oxygen atoms in total. The summed E-state index contributed by atoms with van der Waals surface area (Å²) in [4.78, 5) is 18.5. The Hall–Kier alpha value is -3.91. The molecule has 4 aromatic rings. The van der Waals surface area contributed by atoms with Crippen LogP contribution in [0.3, 0.4) is 0 Å². The Morgan fingerprint density at radius 3 is 2.42 bits per heavy atom. The maximum absolute atomic E-state index is 11.8. The molecule has 0 saturated carbocycles. The van der Waals surface area contributed by atoms with Crippen LogP contribution in [0.4, 0.5) is 5.82 Å². The highest BCUT2D eigenvalue weighted by Gasteiger charge is 2.33. The van der Waals surface area contributed by atoms with E-state index in [1.165, 1.54) is 0 Å². The average Bonchev–Trinajstić information content (AvgIpc) is 3.27. The molecule has 0 bridgehead atoms. The second kappa shape index (κ2) is 9.28. The number of anilines is 1. The number of hydrogen-bond donors (Lipinski definition) is 2. The number of aliphatic carboxylic acids is 1. The van der Waals surface area contributed by atoms with E-state index in [0.29, 0.717) is 28.6 Å². The van der Waals surface area contributed by atoms with E-state index in [9.17, 15) is 15.0 Å². The molecule has 5 rings (SSSR count). The van der Waals surface area contributed by atoms with Gasteiger partial charge >= 0.3 is 5.97 Å². The minimum atomic E-state index is -1.69. The molecule has 36 heavy (non-hydrogen) atoms. The minimum Gasteiger partial charge on any atom is -0.479 e. The highest BCUT2D eigenvalue weighted by molar-refractivity contribution is 5.78. The van der Waals surface area contributed by atoms with Crippen LogP contribution in [0.1, 0.15) is 44.1 Å². The fourth-order valence-corrected chi connectivity index (χ4v) is 4.67. The lowest BCUT2D eigenvalue weighted by atomic mass is 9.82. The van der Waals surface area contributed by atoms with E-state index in [1.54, 1.807) is 11.4 Å². The molecule has 0 spiro atoms. The summed E-state index contributed by atoms with van der Waals surface area (Å²) in [5.74, 6) is 0.701. The van der Waals surface area contributed by atoms with Gasteiger partial charge in [0.2, 0.25) is 0 Å². The third-order valence-corrected chi connectivity index (χ3v) is 6.84. The number of ether oxygens (including phenoxy) is 1. The van der Waals surface area contributed by atoms with Gasteiger partial charge in [-0.05, 0) is 49.4 Å². The van der Waals surface area contributed by atoms with Gasteiger partial charge in [0.1, 0.15) is 17.3 Å². The Labute approximate surface area is 209 Å². The molecule has 0 amide bonds. The standard InChI is InChI=1S/C28H30N4O4/c1-18-24(25(33)27(34)35)26(31-14-12-28(2,3)13-15-31)32-23(29-18)17-22(30-32)19-8-7-11-21(16-19)36-20-9-5-4-6-10-20/h4-11,16-17,25,33H,12-15H2,1-3H3,(H,34,35)/t25-/m0/s1. The van der Waals surface area contributed by atoms with E-state index in [-0.39, 0.29) is 11.0 Å². The first-order valence-electron chi connectivity index (χ1n) is 12.1. The molecule has 3 heterocycles. The van der Waals surface area contributed by atoms with Crippen LogP contribution >= 0.6 is 0 Å². The van der Waals surface area contributed by atoms with Crippen LogP contribution in [0.2, 0.25) is 0 Å². The number of aromatic nitrogens is 3. The van der Waals surface area contributed by atoms with Crippen LogP contribution in [0.5, 0.6) is 11.5 Å². The van der Waals surface area contributed by atoms with Crippen molar-refractivity contribution in [3.63, 3.8) is 0 Å². The van der Waals surface area contributed by atoms with Crippen molar-refractivity contribution < 1.29 is 19.7 Å². The van der Waals surface area contributed by atoms with Crippen LogP contribution in [-0.4, -0.2) is 43.9 Å². The smallest absolute Gasteiger partial charge is 0.337 e. The normalized spacial score (nSPS) is 16.2. The number of aliphatic hydroxyl groups is 1. The highest BCUT2D eigenvalue weighted by Crippen LogP contribution is 2.37. The van der Waals surface area contributed by atoms with Crippen molar-refractivity contribution in [1.82, 2.24) is 14.6 Å². The fourth-order valence-electron chi connectivity index (χ4n) is 4.67. The van der Waals surface area contributed by atoms with Crippen LogP contribution in [0.15, 0.2) is 60.7 Å². The monoisotopic (exact) mass is 486 g/mol. The number of carboxylic acid groups (broad SMARTS) is 1. The SMILES string of the molecule is Cc1nc2cc(-c3cccc(Oc4ccccc4)c3)nn2c(N2CCC(C)(C)CC2)c1[C@H](O)C(=O)O. The zero-order chi connectivity index (χ0) is 25.4. The van der Waals surface area contributed by atoms with Gasteiger partial charge in [0.05, 0.1) is 11.3 Å². The van der Waals surface area contributed by atoms with Crippen molar-refractivity contribution in [2.45, 2.75) is 39.7 Å². The fraction of sp³-hybridized carbons (Fsp3) is 0.321. The first-order valence-corrected chi connectivity index (χ1v) is 12.1. The van der Waals surface area contributed by atoms with Gasteiger partial charge < -0.3 is 19.8 Å². The number of nitrogens with zero attached hydrogens (tertiary/aromatic N) is 4. The molecule has 8 heteroatoms. The number of fused-ring (bicyclic) bond motifs is 1. The number of para-hydroxylation sites is 1. The van der Waals surface area contributed by atoms with Gasteiger partial charge in [-0.15, -0.1) is 0 Å². The molecule has 1 atom stereocenters. The summed E-state index contributed by atoms with van der Waals surface area (Å²) in [6.45, 7) is 7.68. The van der Waals surface area contributed by atoms with E-state index in [4.69, 9.17) is 9.84 Å². The predicted octanol–water partition coefficient (Wildman–Crippen LogP) is 5.24. The molecule has 2 aromatic heterocycles. The Kier molecular flexibility index (Phi) is 6.14. The number of aryl methyl sites for hydroxylation is 1. The molecule has 2 N–H and O–H groups in total. The Balaban J connectivity index is 1.60. The average molecular weight is 487 g/mol. The number of aliphatic hydroxyl groups excluding tert-OH is 1. The maximum Gasteiger partial charge on any atom is 0.337 e. The van der Waals surface area contributed by atoms with Gasteiger partial charge in [0.15, 0.2) is 11.8 Å². The zero-order valence-corrected chi connectivity index (χ0v) is 20.7. The summed E-state index contributed by atoms with van der Waals surface area (Å²) in [7, 11) is 0. The van der Waals surface area contributed by atoms with Crippen molar-refractivity contribution in [3.8, 4) is 22.8 Å². The van der Waals surface area contributed by atoms with E-state index < -0.39 is 12.1 Å². The third kappa shape index (κ3) is 4.64. The molecular formula is C28H30N4O4. The largest absolute Gasteiger partial charge is 0.479 e. The number of benzene rings is 2. The zero-order valence-electron chi connectivity index (χ0n) is 20.7. The van der Waals surface area contributed by atoms with Crippen molar-refractivity contribution in [3.05, 3.63) is 71.9 Å². The van der Waals surface area contributed by atoms with Gasteiger partial charge in [-0.2, -0.15) is 9.61 Å². The topological polar surface area (TPSA) is 100 Å². The minimum absolute atomic E-state index is 0.206. The highest BCUT2D eigenvalue weighted by atomic mass is 16.5. The molecule has 1 fully saturated rings. The van der Waals surface area contributed by atoms with E-state index in [0.717, 1.165) is 37.2 Å². The Bertz CT molecular complexity index is 1400. The Morgan fingerprint density at radius 2 is 1.72 bits per heavy atom. The lowest BCUT2D eigenvalue weighted by Crippen LogP contribution is -2.39. The summed E-state index contributed by atoms with van der Waals surface area (Å²) in [6.07, 6.45) is 0.207. The van der Waals surface area contributed by atoms with Gasteiger partial charge in [0.25, 0.3) is 0 Å². The lowest BCUT2D eigenvalue weighted by Gasteiger charge is -2.39. The molecule has 1 aliphatic heterocycles. The van der Waals surface area contributed by atoms with Crippen molar-refractivity contribution in [1.29, 1.82) is 0 Å². The first-order chi connectivity index (χ1) is 17.2. The number of carboxylic acids is 1. The second-order valence-electron chi connectivity index (χ2n) is 10.1. The van der Waals surface area contributed by atoms with Gasteiger partial charge in [-0.25, -0.2) is 9.78 Å². The van der Waals surface area contributed by atoms with Crippen LogP contribution in [0, 0.1) is 12.3 Å². The molecule has 0 radical (unpaired) electrons. The van der Waals surface area contributed by atoms with Crippen LogP contribution in [0.25, 0.3) is 16.9 Å².